The Kier molecular flexibility index (Phi) is 5.10. The van der Waals surface area contributed by atoms with Gasteiger partial charge in [0.25, 0.3) is 11.8 Å². The van der Waals surface area contributed by atoms with Crippen LogP contribution in [0.25, 0.3) is 5.57 Å². The number of hydrogen-bond acceptors (Lipinski definition) is 3. The zero-order chi connectivity index (χ0) is 22.4. The van der Waals surface area contributed by atoms with Gasteiger partial charge in [-0.25, -0.2) is 4.90 Å². The molecule has 2 amide bonds. The third-order valence-electron chi connectivity index (χ3n) is 6.26. The smallest absolute Gasteiger partial charge is 0.282 e. The molecule has 3 aromatic carbocycles. The van der Waals surface area contributed by atoms with Gasteiger partial charge in [-0.3, -0.25) is 9.59 Å². The molecule has 0 aromatic heterocycles. The van der Waals surface area contributed by atoms with E-state index in [2.05, 4.69) is 17.0 Å². The van der Waals surface area contributed by atoms with Crippen LogP contribution in [0.5, 0.6) is 0 Å². The van der Waals surface area contributed by atoms with Gasteiger partial charge < -0.3 is 4.90 Å². The molecular weight excluding hydrogens is 420 g/mol. The number of benzene rings is 3. The minimum absolute atomic E-state index is 0.296. The summed E-state index contributed by atoms with van der Waals surface area (Å²) in [6.07, 6.45) is 0.832. The number of carbonyl (C=O) groups is 2. The first-order valence-electron chi connectivity index (χ1n) is 10.7. The molecule has 3 aromatic rings. The van der Waals surface area contributed by atoms with Crippen molar-refractivity contribution in [2.45, 2.75) is 26.8 Å². The van der Waals surface area contributed by atoms with Gasteiger partial charge in [-0.05, 0) is 54.7 Å². The standard InChI is InChI=1S/C27H23ClN2O2/c1-17-7-10-20(11-8-17)24-25(29-14-13-19-5-3-4-6-21(19)16-29)27(32)30(26(24)31)23-15-22(28)12-9-18(23)2/h3-12,15H,13-14,16H2,1-2H3. The van der Waals surface area contributed by atoms with Gasteiger partial charge in [0.15, 0.2) is 0 Å². The lowest BCUT2D eigenvalue weighted by molar-refractivity contribution is -0.120. The van der Waals surface area contributed by atoms with Crippen molar-refractivity contribution in [3.8, 4) is 0 Å². The Balaban J connectivity index is 1.64. The second kappa shape index (κ2) is 7.95. The number of carbonyl (C=O) groups excluding carboxylic acids is 2. The molecule has 160 valence electrons. The maximum atomic E-state index is 13.8. The van der Waals surface area contributed by atoms with Gasteiger partial charge >= 0.3 is 0 Å². The highest BCUT2D eigenvalue weighted by atomic mass is 35.5. The summed E-state index contributed by atoms with van der Waals surface area (Å²) in [5, 5.41) is 0.489. The van der Waals surface area contributed by atoms with Gasteiger partial charge in [-0.2, -0.15) is 0 Å². The van der Waals surface area contributed by atoms with E-state index in [0.29, 0.717) is 35.1 Å². The summed E-state index contributed by atoms with van der Waals surface area (Å²) < 4.78 is 0. The van der Waals surface area contributed by atoms with Crippen LogP contribution < -0.4 is 4.90 Å². The van der Waals surface area contributed by atoms with Crippen molar-refractivity contribution in [1.82, 2.24) is 4.90 Å². The molecule has 5 heteroatoms. The van der Waals surface area contributed by atoms with Crippen molar-refractivity contribution >= 4 is 34.7 Å². The van der Waals surface area contributed by atoms with Gasteiger partial charge in [0, 0.05) is 18.1 Å². The largest absolute Gasteiger partial charge is 0.362 e. The van der Waals surface area contributed by atoms with Crippen LogP contribution in [0.15, 0.2) is 72.4 Å². The Morgan fingerprint density at radius 3 is 2.31 bits per heavy atom. The molecule has 0 aliphatic carbocycles. The van der Waals surface area contributed by atoms with E-state index in [1.54, 1.807) is 12.1 Å². The Bertz CT molecular complexity index is 1280. The Morgan fingerprint density at radius 1 is 0.844 bits per heavy atom. The second-order valence-corrected chi connectivity index (χ2v) is 8.84. The minimum atomic E-state index is -0.307. The van der Waals surface area contributed by atoms with Crippen molar-refractivity contribution in [2.24, 2.45) is 0 Å². The highest BCUT2D eigenvalue weighted by molar-refractivity contribution is 6.45. The first-order chi connectivity index (χ1) is 15.4. The van der Waals surface area contributed by atoms with E-state index in [1.807, 2.05) is 56.3 Å². The third-order valence-corrected chi connectivity index (χ3v) is 6.49. The predicted molar refractivity (Wildman–Crippen MR) is 127 cm³/mol. The Labute approximate surface area is 192 Å². The summed E-state index contributed by atoms with van der Waals surface area (Å²) in [5.41, 5.74) is 6.61. The molecule has 0 fully saturated rings. The summed E-state index contributed by atoms with van der Waals surface area (Å²) in [6, 6.07) is 21.3. The van der Waals surface area contributed by atoms with Crippen molar-refractivity contribution in [2.75, 3.05) is 11.4 Å². The topological polar surface area (TPSA) is 40.6 Å². The molecule has 0 bridgehead atoms. The van der Waals surface area contributed by atoms with E-state index in [0.717, 1.165) is 23.1 Å². The van der Waals surface area contributed by atoms with E-state index in [4.69, 9.17) is 11.6 Å². The number of imide groups is 1. The number of nitrogens with zero attached hydrogens (tertiary/aromatic N) is 2. The quantitative estimate of drug-likeness (QED) is 0.517. The molecular formula is C27H23ClN2O2. The summed E-state index contributed by atoms with van der Waals surface area (Å²) in [4.78, 5) is 30.9. The van der Waals surface area contributed by atoms with Crippen LogP contribution in [0.1, 0.15) is 27.8 Å². The monoisotopic (exact) mass is 442 g/mol. The van der Waals surface area contributed by atoms with Gasteiger partial charge in [0.2, 0.25) is 0 Å². The fourth-order valence-electron chi connectivity index (χ4n) is 4.52. The van der Waals surface area contributed by atoms with Crippen molar-refractivity contribution in [1.29, 1.82) is 0 Å². The lowest BCUT2D eigenvalue weighted by Crippen LogP contribution is -2.37. The molecule has 0 N–H and O–H groups in total. The van der Waals surface area contributed by atoms with E-state index >= 15 is 0 Å². The molecule has 0 spiro atoms. The number of amides is 2. The maximum absolute atomic E-state index is 13.8. The fourth-order valence-corrected chi connectivity index (χ4v) is 4.69. The van der Waals surface area contributed by atoms with Gasteiger partial charge in [0.05, 0.1) is 11.3 Å². The molecule has 0 atom stereocenters. The van der Waals surface area contributed by atoms with Crippen LogP contribution in [0.4, 0.5) is 5.69 Å². The van der Waals surface area contributed by atoms with E-state index in [-0.39, 0.29) is 11.8 Å². The normalized spacial score (nSPS) is 16.1. The molecule has 2 aliphatic heterocycles. The second-order valence-electron chi connectivity index (χ2n) is 8.41. The summed E-state index contributed by atoms with van der Waals surface area (Å²) in [7, 11) is 0. The Morgan fingerprint density at radius 2 is 1.56 bits per heavy atom. The van der Waals surface area contributed by atoms with Crippen molar-refractivity contribution in [3.05, 3.63) is 105 Å². The zero-order valence-electron chi connectivity index (χ0n) is 18.1. The Hall–Kier alpha value is -3.37. The van der Waals surface area contributed by atoms with Crippen LogP contribution in [0, 0.1) is 13.8 Å². The SMILES string of the molecule is Cc1ccc(C2=C(N3CCc4ccccc4C3)C(=O)N(c3cc(Cl)ccc3C)C2=O)cc1. The van der Waals surface area contributed by atoms with Gasteiger partial charge in [-0.1, -0.05) is 71.8 Å². The average molecular weight is 443 g/mol. The highest BCUT2D eigenvalue weighted by Gasteiger charge is 2.43. The zero-order valence-corrected chi connectivity index (χ0v) is 18.8. The van der Waals surface area contributed by atoms with Crippen LogP contribution in [-0.4, -0.2) is 23.3 Å². The van der Waals surface area contributed by atoms with E-state index in [9.17, 15) is 9.59 Å². The highest BCUT2D eigenvalue weighted by Crippen LogP contribution is 2.38. The molecule has 0 radical (unpaired) electrons. The van der Waals surface area contributed by atoms with Gasteiger partial charge in [-0.15, -0.1) is 0 Å². The lowest BCUT2D eigenvalue weighted by atomic mass is 9.97. The number of rotatable bonds is 3. The van der Waals surface area contributed by atoms with Crippen molar-refractivity contribution < 1.29 is 9.59 Å². The molecule has 2 heterocycles. The molecule has 5 rings (SSSR count). The predicted octanol–water partition coefficient (Wildman–Crippen LogP) is 5.30. The summed E-state index contributed by atoms with van der Waals surface area (Å²) in [6.45, 7) is 5.17. The van der Waals surface area contributed by atoms with E-state index < -0.39 is 0 Å². The average Bonchev–Trinajstić information content (AvgIpc) is 3.05. The van der Waals surface area contributed by atoms with Crippen LogP contribution >= 0.6 is 11.6 Å². The van der Waals surface area contributed by atoms with Crippen LogP contribution in [-0.2, 0) is 22.6 Å². The molecule has 0 saturated heterocycles. The maximum Gasteiger partial charge on any atom is 0.282 e. The molecule has 0 saturated carbocycles. The van der Waals surface area contributed by atoms with Crippen LogP contribution in [0.2, 0.25) is 5.02 Å². The molecule has 0 unspecified atom stereocenters. The van der Waals surface area contributed by atoms with Gasteiger partial charge in [0.1, 0.15) is 5.70 Å². The molecule has 2 aliphatic rings. The third kappa shape index (κ3) is 3.41. The minimum Gasteiger partial charge on any atom is -0.362 e. The summed E-state index contributed by atoms with van der Waals surface area (Å²) >= 11 is 6.23. The first kappa shape index (κ1) is 20.5. The van der Waals surface area contributed by atoms with E-state index in [1.165, 1.54) is 16.0 Å². The molecule has 32 heavy (non-hydrogen) atoms. The number of halogens is 1. The molecule has 4 nitrogen and oxygen atoms in total. The number of anilines is 1. The number of fused-ring (bicyclic) bond motifs is 1. The fraction of sp³-hybridized carbons (Fsp3) is 0.185. The lowest BCUT2D eigenvalue weighted by Gasteiger charge is -2.31. The van der Waals surface area contributed by atoms with Crippen molar-refractivity contribution in [3.63, 3.8) is 0 Å². The number of aryl methyl sites for hydroxylation is 2. The van der Waals surface area contributed by atoms with Crippen LogP contribution in [0.3, 0.4) is 0 Å². The summed E-state index contributed by atoms with van der Waals surface area (Å²) in [5.74, 6) is -0.603. The first-order valence-corrected chi connectivity index (χ1v) is 11.1. The number of hydrogen-bond donors (Lipinski definition) is 0.